The molecule has 2 aromatic rings. The van der Waals surface area contributed by atoms with Crippen LogP contribution < -0.4 is 11.2 Å². The van der Waals surface area contributed by atoms with Crippen molar-refractivity contribution in [2.75, 3.05) is 5.73 Å². The number of anilines is 1. The van der Waals surface area contributed by atoms with Gasteiger partial charge in [0.15, 0.2) is 0 Å². The van der Waals surface area contributed by atoms with Crippen LogP contribution in [0, 0.1) is 5.92 Å². The molecular weight excluding hydrogens is 318 g/mol. The molecule has 0 saturated carbocycles. The minimum absolute atomic E-state index is 0.134. The Morgan fingerprint density at radius 3 is 3.00 bits per heavy atom. The summed E-state index contributed by atoms with van der Waals surface area (Å²) in [5, 5.41) is 4.22. The van der Waals surface area contributed by atoms with Gasteiger partial charge < -0.3 is 5.73 Å². The molecule has 126 valence electrons. The molecule has 1 aliphatic rings. The molecule has 24 heavy (non-hydrogen) atoms. The number of nitrogens with zero attached hydrogens (tertiary/aromatic N) is 1. The Morgan fingerprint density at radius 1 is 1.42 bits per heavy atom. The molecule has 0 unspecified atom stereocenters. The summed E-state index contributed by atoms with van der Waals surface area (Å²) in [5.74, 6) is 0.623. The highest BCUT2D eigenvalue weighted by atomic mass is 32.1. The molecule has 3 N–H and O–H groups in total. The smallest absolute Gasteiger partial charge is 0.281 e. The van der Waals surface area contributed by atoms with Crippen molar-refractivity contribution in [1.29, 1.82) is 0 Å². The molecule has 0 radical (unpaired) electrons. The Bertz CT molecular complexity index is 779. The lowest BCUT2D eigenvalue weighted by Crippen LogP contribution is -2.18. The SMILES string of the molecule is CC[C@H]1CCc2sc(C(=O)N/N=C(/C)c3cccc(N)c3)cc2C1. The molecule has 0 saturated heterocycles. The van der Waals surface area contributed by atoms with E-state index in [1.807, 2.05) is 37.3 Å². The molecule has 1 aromatic heterocycles. The van der Waals surface area contributed by atoms with Crippen molar-refractivity contribution in [3.05, 3.63) is 51.2 Å². The van der Waals surface area contributed by atoms with Crippen molar-refractivity contribution in [2.45, 2.75) is 39.5 Å². The van der Waals surface area contributed by atoms with E-state index in [1.165, 1.54) is 23.3 Å². The predicted octanol–water partition coefficient (Wildman–Crippen LogP) is 4.00. The van der Waals surface area contributed by atoms with Gasteiger partial charge in [-0.3, -0.25) is 4.79 Å². The Labute approximate surface area is 146 Å². The number of hydrogen-bond acceptors (Lipinski definition) is 4. The van der Waals surface area contributed by atoms with Gasteiger partial charge in [-0.1, -0.05) is 25.5 Å². The van der Waals surface area contributed by atoms with Crippen molar-refractivity contribution in [3.63, 3.8) is 0 Å². The van der Waals surface area contributed by atoms with Gasteiger partial charge >= 0.3 is 0 Å². The lowest BCUT2D eigenvalue weighted by atomic mass is 9.87. The molecule has 0 fully saturated rings. The summed E-state index contributed by atoms with van der Waals surface area (Å²) in [5.41, 5.74) is 12.1. The molecular formula is C19H23N3OS. The summed E-state index contributed by atoms with van der Waals surface area (Å²) < 4.78 is 0. The van der Waals surface area contributed by atoms with E-state index in [2.05, 4.69) is 17.5 Å². The number of rotatable bonds is 4. The van der Waals surface area contributed by atoms with Gasteiger partial charge in [-0.25, -0.2) is 5.43 Å². The van der Waals surface area contributed by atoms with Gasteiger partial charge in [-0.2, -0.15) is 5.10 Å². The number of nitrogen functional groups attached to an aromatic ring is 1. The van der Waals surface area contributed by atoms with Crippen LogP contribution in [0.15, 0.2) is 35.4 Å². The topological polar surface area (TPSA) is 67.5 Å². The van der Waals surface area contributed by atoms with Gasteiger partial charge in [-0.05, 0) is 61.4 Å². The van der Waals surface area contributed by atoms with Crippen LogP contribution in [0.3, 0.4) is 0 Å². The third-order valence-electron chi connectivity index (χ3n) is 4.62. The fourth-order valence-corrected chi connectivity index (χ4v) is 4.18. The second kappa shape index (κ2) is 7.18. The van der Waals surface area contributed by atoms with Crippen molar-refractivity contribution < 1.29 is 4.79 Å². The highest BCUT2D eigenvalue weighted by Gasteiger charge is 2.21. The maximum atomic E-state index is 12.4. The van der Waals surface area contributed by atoms with Crippen LogP contribution in [-0.4, -0.2) is 11.6 Å². The largest absolute Gasteiger partial charge is 0.399 e. The van der Waals surface area contributed by atoms with Crippen molar-refractivity contribution in [2.24, 2.45) is 11.0 Å². The van der Waals surface area contributed by atoms with Gasteiger partial charge in [0, 0.05) is 10.6 Å². The van der Waals surface area contributed by atoms with Crippen LogP contribution in [0.5, 0.6) is 0 Å². The normalized spacial score (nSPS) is 17.4. The number of hydrazone groups is 1. The zero-order valence-corrected chi connectivity index (χ0v) is 15.0. The lowest BCUT2D eigenvalue weighted by Gasteiger charge is -2.19. The minimum Gasteiger partial charge on any atom is -0.399 e. The standard InChI is InChI=1S/C19H23N3OS/c1-3-13-7-8-17-15(9-13)11-18(24-17)19(23)22-21-12(2)14-5-4-6-16(20)10-14/h4-6,10-11,13H,3,7-9,20H2,1-2H3,(H,22,23)/b21-12-/t13-/m0/s1. The molecule has 1 amide bonds. The van der Waals surface area contributed by atoms with Crippen molar-refractivity contribution >= 4 is 28.6 Å². The van der Waals surface area contributed by atoms with E-state index in [9.17, 15) is 4.79 Å². The number of aryl methyl sites for hydroxylation is 1. The van der Waals surface area contributed by atoms with Crippen LogP contribution in [0.4, 0.5) is 5.69 Å². The first-order valence-electron chi connectivity index (χ1n) is 8.39. The number of nitrogens with one attached hydrogen (secondary N) is 1. The van der Waals surface area contributed by atoms with E-state index < -0.39 is 0 Å². The molecule has 0 spiro atoms. The van der Waals surface area contributed by atoms with Crippen molar-refractivity contribution in [1.82, 2.24) is 5.43 Å². The number of amides is 1. The second-order valence-electron chi connectivity index (χ2n) is 6.34. The van der Waals surface area contributed by atoms with E-state index in [1.54, 1.807) is 11.3 Å². The summed E-state index contributed by atoms with van der Waals surface area (Å²) >= 11 is 1.60. The molecule has 1 heterocycles. The van der Waals surface area contributed by atoms with Gasteiger partial charge in [-0.15, -0.1) is 11.3 Å². The zero-order valence-electron chi connectivity index (χ0n) is 14.1. The highest BCUT2D eigenvalue weighted by Crippen LogP contribution is 2.33. The first-order valence-corrected chi connectivity index (χ1v) is 9.20. The number of hydrogen-bond donors (Lipinski definition) is 2. The number of carbonyl (C=O) groups excluding carboxylic acids is 1. The van der Waals surface area contributed by atoms with E-state index >= 15 is 0 Å². The Morgan fingerprint density at radius 2 is 2.25 bits per heavy atom. The first kappa shape index (κ1) is 16.7. The monoisotopic (exact) mass is 341 g/mol. The van der Waals surface area contributed by atoms with Gasteiger partial charge in [0.2, 0.25) is 0 Å². The fourth-order valence-electron chi connectivity index (χ4n) is 3.08. The third kappa shape index (κ3) is 3.67. The Balaban J connectivity index is 1.69. The highest BCUT2D eigenvalue weighted by molar-refractivity contribution is 7.14. The average molecular weight is 341 g/mol. The molecule has 5 heteroatoms. The number of thiophene rings is 1. The van der Waals surface area contributed by atoms with E-state index in [0.717, 1.165) is 34.9 Å². The molecule has 3 rings (SSSR count). The van der Waals surface area contributed by atoms with Crippen LogP contribution in [0.25, 0.3) is 0 Å². The summed E-state index contributed by atoms with van der Waals surface area (Å²) in [6, 6.07) is 9.52. The fraction of sp³-hybridized carbons (Fsp3) is 0.368. The molecule has 4 nitrogen and oxygen atoms in total. The number of nitrogens with two attached hydrogens (primary N) is 1. The maximum Gasteiger partial charge on any atom is 0.281 e. The van der Waals surface area contributed by atoms with E-state index in [-0.39, 0.29) is 5.91 Å². The second-order valence-corrected chi connectivity index (χ2v) is 7.48. The zero-order chi connectivity index (χ0) is 17.1. The predicted molar refractivity (Wildman–Crippen MR) is 101 cm³/mol. The summed E-state index contributed by atoms with van der Waals surface area (Å²) in [4.78, 5) is 14.5. The summed E-state index contributed by atoms with van der Waals surface area (Å²) in [6.45, 7) is 4.10. The van der Waals surface area contributed by atoms with E-state index in [4.69, 9.17) is 5.73 Å². The average Bonchev–Trinajstić information content (AvgIpc) is 3.02. The summed E-state index contributed by atoms with van der Waals surface area (Å²) in [7, 11) is 0. The van der Waals surface area contributed by atoms with Gasteiger partial charge in [0.05, 0.1) is 10.6 Å². The molecule has 1 aliphatic carbocycles. The first-order chi connectivity index (χ1) is 11.6. The number of carbonyl (C=O) groups is 1. The Hall–Kier alpha value is -2.14. The van der Waals surface area contributed by atoms with Crippen LogP contribution >= 0.6 is 11.3 Å². The van der Waals surface area contributed by atoms with Crippen LogP contribution in [-0.2, 0) is 12.8 Å². The molecule has 1 aromatic carbocycles. The lowest BCUT2D eigenvalue weighted by molar-refractivity contribution is 0.0959. The minimum atomic E-state index is -0.134. The Kier molecular flexibility index (Phi) is 5.00. The van der Waals surface area contributed by atoms with Crippen LogP contribution in [0.1, 0.15) is 52.4 Å². The quantitative estimate of drug-likeness (QED) is 0.501. The van der Waals surface area contributed by atoms with Crippen LogP contribution in [0.2, 0.25) is 0 Å². The van der Waals surface area contributed by atoms with E-state index in [0.29, 0.717) is 5.69 Å². The van der Waals surface area contributed by atoms with Crippen molar-refractivity contribution in [3.8, 4) is 0 Å². The number of fused-ring (bicyclic) bond motifs is 1. The molecule has 1 atom stereocenters. The van der Waals surface area contributed by atoms with Gasteiger partial charge in [0.25, 0.3) is 5.91 Å². The molecule has 0 bridgehead atoms. The third-order valence-corrected chi connectivity index (χ3v) is 5.85. The summed E-state index contributed by atoms with van der Waals surface area (Å²) in [6.07, 6.45) is 4.64. The maximum absolute atomic E-state index is 12.4. The van der Waals surface area contributed by atoms with Gasteiger partial charge in [0.1, 0.15) is 0 Å². The molecule has 0 aliphatic heterocycles. The number of benzene rings is 1.